The van der Waals surface area contributed by atoms with Gasteiger partial charge >= 0.3 is 0 Å². The molecule has 0 unspecified atom stereocenters. The van der Waals surface area contributed by atoms with Crippen molar-refractivity contribution in [1.82, 2.24) is 10.9 Å². The summed E-state index contributed by atoms with van der Waals surface area (Å²) in [6.07, 6.45) is 0.0781. The fraction of sp³-hybridized carbons (Fsp3) is 0.0667. The zero-order valence-electron chi connectivity index (χ0n) is 10.9. The van der Waals surface area contributed by atoms with E-state index in [1.165, 1.54) is 24.3 Å². The van der Waals surface area contributed by atoms with Crippen LogP contribution in [-0.4, -0.2) is 11.8 Å². The molecule has 0 spiro atoms. The molecule has 0 bridgehead atoms. The maximum atomic E-state index is 13.4. The highest BCUT2D eigenvalue weighted by atomic mass is 35.5. The lowest BCUT2D eigenvalue weighted by Gasteiger charge is -2.08. The topological polar surface area (TPSA) is 58.2 Å². The van der Waals surface area contributed by atoms with Crippen LogP contribution in [0.2, 0.25) is 5.02 Å². The maximum absolute atomic E-state index is 13.4. The van der Waals surface area contributed by atoms with Gasteiger partial charge in [-0.15, -0.1) is 0 Å². The van der Waals surface area contributed by atoms with E-state index in [1.54, 1.807) is 24.3 Å². The third-order valence-corrected chi connectivity index (χ3v) is 2.96. The van der Waals surface area contributed by atoms with Crippen LogP contribution in [0.5, 0.6) is 0 Å². The van der Waals surface area contributed by atoms with Crippen LogP contribution >= 0.6 is 11.6 Å². The summed E-state index contributed by atoms with van der Waals surface area (Å²) in [7, 11) is 0. The molecule has 6 heteroatoms. The number of amides is 2. The highest BCUT2D eigenvalue weighted by molar-refractivity contribution is 6.30. The molecule has 2 N–H and O–H groups in total. The summed E-state index contributed by atoms with van der Waals surface area (Å²) in [6.45, 7) is 0. The average molecular weight is 307 g/mol. The molecular formula is C15H12ClFN2O2. The zero-order valence-corrected chi connectivity index (χ0v) is 11.7. The molecule has 0 fully saturated rings. The van der Waals surface area contributed by atoms with Gasteiger partial charge in [-0.2, -0.15) is 0 Å². The molecule has 0 aromatic heterocycles. The van der Waals surface area contributed by atoms with E-state index >= 15 is 0 Å². The van der Waals surface area contributed by atoms with Crippen molar-refractivity contribution >= 4 is 23.4 Å². The third-order valence-electron chi connectivity index (χ3n) is 2.71. The van der Waals surface area contributed by atoms with Gasteiger partial charge in [-0.25, -0.2) is 4.39 Å². The lowest BCUT2D eigenvalue weighted by molar-refractivity contribution is -0.121. The van der Waals surface area contributed by atoms with Crippen molar-refractivity contribution in [2.75, 3.05) is 0 Å². The summed E-state index contributed by atoms with van der Waals surface area (Å²) in [4.78, 5) is 23.3. The van der Waals surface area contributed by atoms with Crippen LogP contribution in [0.4, 0.5) is 4.39 Å². The Morgan fingerprint density at radius 1 is 1.00 bits per heavy atom. The second-order valence-electron chi connectivity index (χ2n) is 4.29. The van der Waals surface area contributed by atoms with Crippen molar-refractivity contribution in [3.8, 4) is 0 Å². The summed E-state index contributed by atoms with van der Waals surface area (Å²) < 4.78 is 13.4. The number of carbonyl (C=O) groups is 2. The lowest BCUT2D eigenvalue weighted by Crippen LogP contribution is -2.42. The minimum Gasteiger partial charge on any atom is -0.273 e. The van der Waals surface area contributed by atoms with Crippen molar-refractivity contribution in [1.29, 1.82) is 0 Å². The van der Waals surface area contributed by atoms with Gasteiger partial charge in [0.1, 0.15) is 5.82 Å². The molecule has 0 radical (unpaired) electrons. The molecule has 2 amide bonds. The Balaban J connectivity index is 1.88. The molecule has 2 aromatic rings. The number of benzene rings is 2. The summed E-state index contributed by atoms with van der Waals surface area (Å²) in [5.74, 6) is -1.78. The first-order chi connectivity index (χ1) is 10.1. The zero-order chi connectivity index (χ0) is 15.2. The normalized spacial score (nSPS) is 10.0. The van der Waals surface area contributed by atoms with Crippen molar-refractivity contribution < 1.29 is 14.0 Å². The standard InChI is InChI=1S/C15H12ClFN2O2/c16-11-7-5-10(6-8-11)9-14(20)18-19-15(21)12-3-1-2-4-13(12)17/h1-8H,9H2,(H,18,20)(H,19,21). The van der Waals surface area contributed by atoms with Crippen LogP contribution in [-0.2, 0) is 11.2 Å². The number of nitrogens with one attached hydrogen (secondary N) is 2. The van der Waals surface area contributed by atoms with Crippen molar-refractivity contribution in [2.24, 2.45) is 0 Å². The van der Waals surface area contributed by atoms with E-state index in [9.17, 15) is 14.0 Å². The Kier molecular flexibility index (Phi) is 4.90. The molecular weight excluding hydrogens is 295 g/mol. The average Bonchev–Trinajstić information content (AvgIpc) is 2.48. The molecule has 0 saturated heterocycles. The first kappa shape index (κ1) is 15.0. The number of hydrazine groups is 1. The van der Waals surface area contributed by atoms with Crippen LogP contribution in [0.1, 0.15) is 15.9 Å². The number of rotatable bonds is 3. The van der Waals surface area contributed by atoms with Gasteiger partial charge in [-0.3, -0.25) is 20.4 Å². The van der Waals surface area contributed by atoms with Gasteiger partial charge in [-0.05, 0) is 29.8 Å². The Morgan fingerprint density at radius 3 is 2.33 bits per heavy atom. The number of carbonyl (C=O) groups excluding carboxylic acids is 2. The van der Waals surface area contributed by atoms with Crippen LogP contribution in [0.15, 0.2) is 48.5 Å². The Labute approximate surface area is 125 Å². The van der Waals surface area contributed by atoms with Crippen molar-refractivity contribution in [2.45, 2.75) is 6.42 Å². The Bertz CT molecular complexity index is 659. The predicted molar refractivity (Wildman–Crippen MR) is 77.2 cm³/mol. The number of hydrogen-bond donors (Lipinski definition) is 2. The molecule has 0 aliphatic heterocycles. The maximum Gasteiger partial charge on any atom is 0.272 e. The van der Waals surface area contributed by atoms with E-state index in [2.05, 4.69) is 10.9 Å². The first-order valence-corrected chi connectivity index (χ1v) is 6.52. The third kappa shape index (κ3) is 4.29. The van der Waals surface area contributed by atoms with Gasteiger partial charge in [0.25, 0.3) is 5.91 Å². The largest absolute Gasteiger partial charge is 0.273 e. The van der Waals surface area contributed by atoms with Gasteiger partial charge in [0.15, 0.2) is 0 Å². The SMILES string of the molecule is O=C(Cc1ccc(Cl)cc1)NNC(=O)c1ccccc1F. The van der Waals surface area contributed by atoms with Gasteiger partial charge in [0.2, 0.25) is 5.91 Å². The molecule has 0 heterocycles. The van der Waals surface area contributed by atoms with Crippen LogP contribution in [0, 0.1) is 5.82 Å². The smallest absolute Gasteiger partial charge is 0.272 e. The summed E-state index contributed by atoms with van der Waals surface area (Å²) in [5.41, 5.74) is 5.01. The second-order valence-corrected chi connectivity index (χ2v) is 4.72. The van der Waals surface area contributed by atoms with Gasteiger partial charge in [-0.1, -0.05) is 35.9 Å². The van der Waals surface area contributed by atoms with Gasteiger partial charge in [0.05, 0.1) is 12.0 Å². The molecule has 0 atom stereocenters. The highest BCUT2D eigenvalue weighted by Crippen LogP contribution is 2.09. The molecule has 0 aliphatic carbocycles. The minimum atomic E-state index is -0.711. The van der Waals surface area contributed by atoms with E-state index in [-0.39, 0.29) is 12.0 Å². The lowest BCUT2D eigenvalue weighted by atomic mass is 10.1. The van der Waals surface area contributed by atoms with Crippen LogP contribution in [0.3, 0.4) is 0 Å². The molecule has 2 rings (SSSR count). The quantitative estimate of drug-likeness (QED) is 0.856. The van der Waals surface area contributed by atoms with Crippen LogP contribution in [0.25, 0.3) is 0 Å². The Hall–Kier alpha value is -2.40. The molecule has 21 heavy (non-hydrogen) atoms. The molecule has 0 saturated carbocycles. The fourth-order valence-corrected chi connectivity index (χ4v) is 1.80. The first-order valence-electron chi connectivity index (χ1n) is 6.14. The van der Waals surface area contributed by atoms with Gasteiger partial charge in [0, 0.05) is 5.02 Å². The summed E-state index contributed by atoms with van der Waals surface area (Å²) in [5, 5.41) is 0.576. The van der Waals surface area contributed by atoms with Crippen LogP contribution < -0.4 is 10.9 Å². The van der Waals surface area contributed by atoms with Crippen molar-refractivity contribution in [3.63, 3.8) is 0 Å². The molecule has 4 nitrogen and oxygen atoms in total. The van der Waals surface area contributed by atoms with E-state index in [0.717, 1.165) is 5.56 Å². The number of halogens is 2. The molecule has 2 aromatic carbocycles. The highest BCUT2D eigenvalue weighted by Gasteiger charge is 2.11. The van der Waals surface area contributed by atoms with Crippen molar-refractivity contribution in [3.05, 3.63) is 70.5 Å². The number of hydrogen-bond acceptors (Lipinski definition) is 2. The summed E-state index contributed by atoms with van der Waals surface area (Å²) >= 11 is 5.74. The Morgan fingerprint density at radius 2 is 1.67 bits per heavy atom. The second kappa shape index (κ2) is 6.85. The molecule has 108 valence electrons. The predicted octanol–water partition coefficient (Wildman–Crippen LogP) is 2.48. The summed E-state index contributed by atoms with van der Waals surface area (Å²) in [6, 6.07) is 12.3. The van der Waals surface area contributed by atoms with E-state index < -0.39 is 17.6 Å². The van der Waals surface area contributed by atoms with Gasteiger partial charge < -0.3 is 0 Å². The van der Waals surface area contributed by atoms with E-state index in [1.807, 2.05) is 0 Å². The molecule has 0 aliphatic rings. The van der Waals surface area contributed by atoms with E-state index in [0.29, 0.717) is 5.02 Å². The fourth-order valence-electron chi connectivity index (χ4n) is 1.67. The minimum absolute atomic E-state index is 0.0781. The van der Waals surface area contributed by atoms with E-state index in [4.69, 9.17) is 11.6 Å². The monoisotopic (exact) mass is 306 g/mol.